The molecule has 0 aliphatic carbocycles. The lowest BCUT2D eigenvalue weighted by Crippen LogP contribution is -2.48. The fraction of sp³-hybridized carbons (Fsp3) is 0.382. The Morgan fingerprint density at radius 2 is 2.09 bits per heavy atom. The SMILES string of the molecule is C=CC(O)N[C@@H]1CCCN(Cc2ccnc(C(=O)Nc3ccc(-c4cc5c([nH]4)=NC=CC(C)C=5N4CCOC(F)(F)C4)cc3)c2)C1. The van der Waals surface area contributed by atoms with Crippen molar-refractivity contribution in [3.63, 3.8) is 0 Å². The minimum atomic E-state index is -3.21. The highest BCUT2D eigenvalue weighted by Gasteiger charge is 2.38. The van der Waals surface area contributed by atoms with Gasteiger partial charge in [-0.05, 0) is 66.9 Å². The van der Waals surface area contributed by atoms with E-state index >= 15 is 0 Å². The summed E-state index contributed by atoms with van der Waals surface area (Å²) < 4.78 is 32.9. The largest absolute Gasteiger partial charge is 0.375 e. The van der Waals surface area contributed by atoms with E-state index in [1.807, 2.05) is 55.5 Å². The average Bonchev–Trinajstić information content (AvgIpc) is 3.37. The maximum absolute atomic E-state index is 14.1. The molecule has 3 aliphatic rings. The number of aromatic amines is 1. The summed E-state index contributed by atoms with van der Waals surface area (Å²) in [5.74, 6) is -0.424. The number of hydrogen-bond acceptors (Lipinski definition) is 8. The van der Waals surface area contributed by atoms with Crippen LogP contribution in [-0.4, -0.2) is 81.9 Å². The number of carbonyl (C=O) groups excluding carboxylic acids is 1. The number of hydrogen-bond donors (Lipinski definition) is 4. The molecule has 2 fully saturated rings. The summed E-state index contributed by atoms with van der Waals surface area (Å²) in [5.41, 5.74) is 4.95. The quantitative estimate of drug-likeness (QED) is 0.212. The van der Waals surface area contributed by atoms with Crippen LogP contribution in [0.4, 0.5) is 14.5 Å². The van der Waals surface area contributed by atoms with Crippen molar-refractivity contribution in [1.82, 2.24) is 25.1 Å². The molecule has 2 aromatic heterocycles. The van der Waals surface area contributed by atoms with Crippen molar-refractivity contribution >= 4 is 17.3 Å². The molecule has 1 amide bonds. The lowest BCUT2D eigenvalue weighted by molar-refractivity contribution is -0.263. The van der Waals surface area contributed by atoms with Crippen LogP contribution in [-0.2, 0) is 11.3 Å². The highest BCUT2D eigenvalue weighted by molar-refractivity contribution is 6.03. The Kier molecular flexibility index (Phi) is 9.41. The molecular formula is C34H39F2N7O3. The van der Waals surface area contributed by atoms with Crippen molar-refractivity contribution in [1.29, 1.82) is 0 Å². The maximum atomic E-state index is 14.1. The van der Waals surface area contributed by atoms with Gasteiger partial charge in [-0.3, -0.25) is 20.0 Å². The van der Waals surface area contributed by atoms with Gasteiger partial charge in [0, 0.05) is 66.3 Å². The summed E-state index contributed by atoms with van der Waals surface area (Å²) >= 11 is 0. The van der Waals surface area contributed by atoms with Gasteiger partial charge >= 0.3 is 6.11 Å². The number of H-pyrrole nitrogens is 1. The highest BCUT2D eigenvalue weighted by atomic mass is 19.3. The third kappa shape index (κ3) is 7.42. The fourth-order valence-corrected chi connectivity index (χ4v) is 6.32. The van der Waals surface area contributed by atoms with Gasteiger partial charge in [-0.1, -0.05) is 31.7 Å². The van der Waals surface area contributed by atoms with Gasteiger partial charge in [-0.25, -0.2) is 4.99 Å². The number of pyridine rings is 1. The number of aliphatic hydroxyl groups excluding tert-OH is 1. The zero-order valence-corrected chi connectivity index (χ0v) is 25.8. The van der Waals surface area contributed by atoms with Crippen LogP contribution < -0.4 is 21.3 Å². The molecular weight excluding hydrogens is 592 g/mol. The van der Waals surface area contributed by atoms with Crippen molar-refractivity contribution in [2.75, 3.05) is 38.1 Å². The number of alkyl halides is 2. The maximum Gasteiger partial charge on any atom is 0.373 e. The summed E-state index contributed by atoms with van der Waals surface area (Å²) in [7, 11) is 0. The standard InChI is InChI=1S/C34H39F2N7O3/c1-3-30(44)39-26-5-4-14-42(20-26)19-23-11-13-37-29(17-23)33(45)40-25-8-6-24(7-9-25)28-18-27-31(22(2)10-12-38-32(27)41-28)43-15-16-46-34(35,36)21-43/h3,6-13,17-18,22,26,30,39,44H,1,4-5,14-16,19-21H2,2H3,(H,38,41)(H,40,45)/t22?,26-,30?/m1/s1. The summed E-state index contributed by atoms with van der Waals surface area (Å²) in [5, 5.41) is 16.7. The van der Waals surface area contributed by atoms with Crippen molar-refractivity contribution in [3.8, 4) is 11.3 Å². The molecule has 1 aromatic carbocycles. The predicted molar refractivity (Wildman–Crippen MR) is 171 cm³/mol. The van der Waals surface area contributed by atoms with Gasteiger partial charge in [-0.2, -0.15) is 8.78 Å². The van der Waals surface area contributed by atoms with Crippen LogP contribution in [0.5, 0.6) is 0 Å². The number of aliphatic hydroxyl groups is 1. The van der Waals surface area contributed by atoms with E-state index < -0.39 is 18.9 Å². The van der Waals surface area contributed by atoms with E-state index in [0.29, 0.717) is 30.0 Å². The monoisotopic (exact) mass is 631 g/mol. The van der Waals surface area contributed by atoms with E-state index in [-0.39, 0.29) is 24.5 Å². The molecule has 6 rings (SSSR count). The first-order chi connectivity index (χ1) is 22.2. The number of likely N-dealkylation sites (tertiary alicyclic amines) is 1. The normalized spacial score (nSPS) is 22.0. The van der Waals surface area contributed by atoms with Crippen molar-refractivity contribution in [2.24, 2.45) is 10.9 Å². The molecule has 46 heavy (non-hydrogen) atoms. The lowest BCUT2D eigenvalue weighted by Gasteiger charge is -2.36. The van der Waals surface area contributed by atoms with Gasteiger partial charge in [-0.15, -0.1) is 0 Å². The van der Waals surface area contributed by atoms with E-state index in [1.54, 1.807) is 17.3 Å². The van der Waals surface area contributed by atoms with Crippen LogP contribution in [0, 0.1) is 5.92 Å². The molecule has 0 saturated carbocycles. The first-order valence-electron chi connectivity index (χ1n) is 15.6. The number of fused-ring (bicyclic) bond motifs is 1. The van der Waals surface area contributed by atoms with E-state index in [4.69, 9.17) is 0 Å². The number of nitrogens with one attached hydrogen (secondary N) is 3. The van der Waals surface area contributed by atoms with Gasteiger partial charge in [0.1, 0.15) is 24.0 Å². The minimum absolute atomic E-state index is 0.0531. The summed E-state index contributed by atoms with van der Waals surface area (Å²) in [6.45, 7) is 7.80. The molecule has 4 N–H and O–H groups in total. The number of morpholine rings is 1. The van der Waals surface area contributed by atoms with Crippen LogP contribution in [0.25, 0.3) is 17.0 Å². The topological polar surface area (TPSA) is 118 Å². The van der Waals surface area contributed by atoms with E-state index in [1.165, 1.54) is 6.08 Å². The smallest absolute Gasteiger partial charge is 0.373 e. The minimum Gasteiger partial charge on any atom is -0.375 e. The van der Waals surface area contributed by atoms with E-state index in [0.717, 1.165) is 53.7 Å². The number of piperidine rings is 1. The fourth-order valence-electron chi connectivity index (χ4n) is 6.32. The number of rotatable bonds is 9. The number of aromatic nitrogens is 2. The van der Waals surface area contributed by atoms with Crippen LogP contribution >= 0.6 is 0 Å². The second-order valence-electron chi connectivity index (χ2n) is 12.0. The van der Waals surface area contributed by atoms with Crippen molar-refractivity contribution < 1.29 is 23.4 Å². The van der Waals surface area contributed by atoms with Gasteiger partial charge in [0.25, 0.3) is 5.91 Å². The van der Waals surface area contributed by atoms with E-state index in [9.17, 15) is 18.7 Å². The Balaban J connectivity index is 1.14. The zero-order chi connectivity index (χ0) is 32.3. The molecule has 2 saturated heterocycles. The van der Waals surface area contributed by atoms with Crippen LogP contribution in [0.3, 0.4) is 0 Å². The Morgan fingerprint density at radius 3 is 2.87 bits per heavy atom. The summed E-state index contributed by atoms with van der Waals surface area (Å²) in [6.07, 6.45) is 4.79. The van der Waals surface area contributed by atoms with Gasteiger partial charge in [0.15, 0.2) is 0 Å². The lowest BCUT2D eigenvalue weighted by atomic mass is 10.0. The molecule has 0 bridgehead atoms. The number of halogens is 2. The number of anilines is 1. The molecule has 10 nitrogen and oxygen atoms in total. The summed E-state index contributed by atoms with van der Waals surface area (Å²) in [6, 6.07) is 13.2. The third-order valence-corrected chi connectivity index (χ3v) is 8.52. The Labute approximate surface area is 266 Å². The molecule has 12 heteroatoms. The number of ether oxygens (including phenoxy) is 1. The number of benzene rings is 1. The van der Waals surface area contributed by atoms with Gasteiger partial charge in [0.2, 0.25) is 0 Å². The second kappa shape index (κ2) is 13.6. The second-order valence-corrected chi connectivity index (χ2v) is 12.0. The molecule has 3 atom stereocenters. The van der Waals surface area contributed by atoms with Crippen LogP contribution in [0.1, 0.15) is 35.8 Å². The van der Waals surface area contributed by atoms with Gasteiger partial charge < -0.3 is 25.0 Å². The number of carbonyl (C=O) groups is 1. The molecule has 242 valence electrons. The summed E-state index contributed by atoms with van der Waals surface area (Å²) in [4.78, 5) is 29.3. The van der Waals surface area contributed by atoms with Gasteiger partial charge in [0.05, 0.1) is 6.61 Å². The molecule has 0 radical (unpaired) electrons. The molecule has 3 aromatic rings. The number of amides is 1. The zero-order valence-electron chi connectivity index (χ0n) is 25.8. The molecule has 3 aliphatic heterocycles. The average molecular weight is 632 g/mol. The predicted octanol–water partition coefficient (Wildman–Crippen LogP) is 3.20. The van der Waals surface area contributed by atoms with Crippen LogP contribution in [0.15, 0.2) is 78.6 Å². The molecule has 0 spiro atoms. The Bertz CT molecular complexity index is 1720. The van der Waals surface area contributed by atoms with Crippen molar-refractivity contribution in [3.05, 3.63) is 95.6 Å². The first kappa shape index (κ1) is 31.7. The highest BCUT2D eigenvalue weighted by Crippen LogP contribution is 2.28. The van der Waals surface area contributed by atoms with E-state index in [2.05, 4.69) is 41.8 Å². The molecule has 5 heterocycles. The Hall–Kier alpha value is -4.23. The van der Waals surface area contributed by atoms with Crippen LogP contribution in [0.2, 0.25) is 0 Å². The first-order valence-corrected chi connectivity index (χ1v) is 15.6. The molecule has 2 unspecified atom stereocenters. The number of nitrogens with zero attached hydrogens (tertiary/aromatic N) is 4. The van der Waals surface area contributed by atoms with Crippen molar-refractivity contribution in [2.45, 2.75) is 44.7 Å². The Morgan fingerprint density at radius 1 is 1.26 bits per heavy atom. The third-order valence-electron chi connectivity index (χ3n) is 8.52.